The van der Waals surface area contributed by atoms with Crippen molar-refractivity contribution in [1.82, 2.24) is 0 Å². The van der Waals surface area contributed by atoms with Gasteiger partial charge in [-0.2, -0.15) is 0 Å². The standard InChI is InChI=1S/C20H28O2/c1-15-9-11-16(12-10-15)17-7-3-4-8-18(17)20(19(21)22)13-5-2-6-14-20/h3-4,7-8,15-16H,2,5-6,9-14H2,1H3,(H,21,22). The second kappa shape index (κ2) is 6.44. The predicted octanol–water partition coefficient (Wildman–Crippen LogP) is 5.27. The summed E-state index contributed by atoms with van der Waals surface area (Å²) >= 11 is 0. The molecule has 2 aliphatic rings. The van der Waals surface area contributed by atoms with Crippen LogP contribution in [0.4, 0.5) is 0 Å². The SMILES string of the molecule is CC1CCC(c2ccccc2C2(C(=O)O)CCCCC2)CC1. The molecule has 0 amide bonds. The van der Waals surface area contributed by atoms with Crippen molar-refractivity contribution in [3.05, 3.63) is 35.4 Å². The first kappa shape index (κ1) is 15.6. The molecule has 1 N–H and O–H groups in total. The van der Waals surface area contributed by atoms with Crippen molar-refractivity contribution in [1.29, 1.82) is 0 Å². The fourth-order valence-corrected chi connectivity index (χ4v) is 4.61. The molecule has 0 unspecified atom stereocenters. The number of carboxylic acids is 1. The van der Waals surface area contributed by atoms with Crippen LogP contribution in [0.25, 0.3) is 0 Å². The summed E-state index contributed by atoms with van der Waals surface area (Å²) in [6.07, 6.45) is 9.87. The van der Waals surface area contributed by atoms with Gasteiger partial charge in [0.25, 0.3) is 0 Å². The van der Waals surface area contributed by atoms with Gasteiger partial charge in [-0.1, -0.05) is 63.3 Å². The third-order valence-corrected chi connectivity index (χ3v) is 6.05. The van der Waals surface area contributed by atoms with E-state index in [2.05, 4.69) is 25.1 Å². The van der Waals surface area contributed by atoms with E-state index in [1.165, 1.54) is 37.7 Å². The first-order chi connectivity index (χ1) is 10.6. The van der Waals surface area contributed by atoms with Gasteiger partial charge in [-0.25, -0.2) is 0 Å². The number of hydrogen-bond donors (Lipinski definition) is 1. The van der Waals surface area contributed by atoms with Crippen molar-refractivity contribution in [2.24, 2.45) is 5.92 Å². The van der Waals surface area contributed by atoms with Crippen LogP contribution in [0.5, 0.6) is 0 Å². The summed E-state index contributed by atoms with van der Waals surface area (Å²) in [5, 5.41) is 10.0. The Kier molecular flexibility index (Phi) is 4.56. The zero-order valence-corrected chi connectivity index (χ0v) is 13.7. The largest absolute Gasteiger partial charge is 0.481 e. The first-order valence-electron chi connectivity index (χ1n) is 8.96. The average molecular weight is 300 g/mol. The van der Waals surface area contributed by atoms with Crippen molar-refractivity contribution >= 4 is 5.97 Å². The maximum Gasteiger partial charge on any atom is 0.314 e. The highest BCUT2D eigenvalue weighted by atomic mass is 16.4. The fourth-order valence-electron chi connectivity index (χ4n) is 4.61. The van der Waals surface area contributed by atoms with Crippen LogP contribution in [0.1, 0.15) is 81.8 Å². The summed E-state index contributed by atoms with van der Waals surface area (Å²) < 4.78 is 0. The molecule has 0 saturated heterocycles. The topological polar surface area (TPSA) is 37.3 Å². The lowest BCUT2D eigenvalue weighted by Crippen LogP contribution is -2.39. The number of rotatable bonds is 3. The van der Waals surface area contributed by atoms with Crippen LogP contribution in [0.3, 0.4) is 0 Å². The molecule has 0 atom stereocenters. The van der Waals surface area contributed by atoms with Gasteiger partial charge < -0.3 is 5.11 Å². The van der Waals surface area contributed by atoms with Gasteiger partial charge in [0.2, 0.25) is 0 Å². The van der Waals surface area contributed by atoms with E-state index in [-0.39, 0.29) is 0 Å². The van der Waals surface area contributed by atoms with Gasteiger partial charge in [0.1, 0.15) is 0 Å². The molecular weight excluding hydrogens is 272 g/mol. The van der Waals surface area contributed by atoms with E-state index in [0.29, 0.717) is 5.92 Å². The zero-order valence-electron chi connectivity index (χ0n) is 13.7. The number of carbonyl (C=O) groups is 1. The highest BCUT2D eigenvalue weighted by Crippen LogP contribution is 2.45. The average Bonchev–Trinajstić information content (AvgIpc) is 2.56. The fraction of sp³-hybridized carbons (Fsp3) is 0.650. The Hall–Kier alpha value is -1.31. The van der Waals surface area contributed by atoms with Crippen LogP contribution in [-0.4, -0.2) is 11.1 Å². The molecule has 0 bridgehead atoms. The molecule has 1 aromatic carbocycles. The minimum Gasteiger partial charge on any atom is -0.481 e. The lowest BCUT2D eigenvalue weighted by atomic mass is 9.65. The smallest absolute Gasteiger partial charge is 0.314 e. The van der Waals surface area contributed by atoms with Crippen LogP contribution >= 0.6 is 0 Å². The van der Waals surface area contributed by atoms with Crippen LogP contribution < -0.4 is 0 Å². The minimum absolute atomic E-state index is 0.561. The van der Waals surface area contributed by atoms with E-state index in [1.807, 2.05) is 6.07 Å². The molecule has 0 radical (unpaired) electrons. The highest BCUT2D eigenvalue weighted by Gasteiger charge is 2.43. The van der Waals surface area contributed by atoms with Gasteiger partial charge in [0.05, 0.1) is 5.41 Å². The molecule has 120 valence electrons. The molecule has 3 rings (SSSR count). The summed E-state index contributed by atoms with van der Waals surface area (Å²) in [6.45, 7) is 2.34. The number of aliphatic carboxylic acids is 1. The van der Waals surface area contributed by atoms with Crippen molar-refractivity contribution < 1.29 is 9.90 Å². The van der Waals surface area contributed by atoms with E-state index >= 15 is 0 Å². The van der Waals surface area contributed by atoms with Crippen LogP contribution in [0, 0.1) is 5.92 Å². The van der Waals surface area contributed by atoms with Crippen molar-refractivity contribution in [3.63, 3.8) is 0 Å². The zero-order chi connectivity index (χ0) is 15.6. The molecule has 1 aromatic rings. The summed E-state index contributed by atoms with van der Waals surface area (Å²) in [6, 6.07) is 8.43. The van der Waals surface area contributed by atoms with E-state index in [4.69, 9.17) is 0 Å². The molecule has 2 heteroatoms. The van der Waals surface area contributed by atoms with Gasteiger partial charge in [-0.05, 0) is 48.6 Å². The summed E-state index contributed by atoms with van der Waals surface area (Å²) in [7, 11) is 0. The summed E-state index contributed by atoms with van der Waals surface area (Å²) in [5.74, 6) is 0.779. The Morgan fingerprint density at radius 3 is 2.32 bits per heavy atom. The van der Waals surface area contributed by atoms with Crippen LogP contribution in [-0.2, 0) is 10.2 Å². The lowest BCUT2D eigenvalue weighted by molar-refractivity contribution is -0.145. The van der Waals surface area contributed by atoms with Gasteiger partial charge in [0.15, 0.2) is 0 Å². The van der Waals surface area contributed by atoms with E-state index in [0.717, 1.165) is 37.2 Å². The van der Waals surface area contributed by atoms with E-state index < -0.39 is 11.4 Å². The Morgan fingerprint density at radius 1 is 1.05 bits per heavy atom. The molecule has 0 heterocycles. The van der Waals surface area contributed by atoms with Gasteiger partial charge in [0, 0.05) is 0 Å². The van der Waals surface area contributed by atoms with E-state index in [1.54, 1.807) is 0 Å². The number of carboxylic acid groups (broad SMARTS) is 1. The Labute approximate surface area is 133 Å². The molecule has 2 saturated carbocycles. The van der Waals surface area contributed by atoms with Crippen LogP contribution in [0.15, 0.2) is 24.3 Å². The molecule has 2 fully saturated rings. The monoisotopic (exact) mass is 300 g/mol. The molecule has 0 aromatic heterocycles. The maximum atomic E-state index is 12.2. The van der Waals surface area contributed by atoms with Gasteiger partial charge in [-0.3, -0.25) is 4.79 Å². The normalized spacial score (nSPS) is 28.2. The third-order valence-electron chi connectivity index (χ3n) is 6.05. The Balaban J connectivity index is 1.97. The highest BCUT2D eigenvalue weighted by molar-refractivity contribution is 5.82. The molecular formula is C20H28O2. The molecule has 2 nitrogen and oxygen atoms in total. The van der Waals surface area contributed by atoms with Gasteiger partial charge >= 0.3 is 5.97 Å². The second-order valence-electron chi connectivity index (χ2n) is 7.49. The summed E-state index contributed by atoms with van der Waals surface area (Å²) in [5.41, 5.74) is 1.83. The molecule has 0 spiro atoms. The van der Waals surface area contributed by atoms with Crippen molar-refractivity contribution in [3.8, 4) is 0 Å². The third kappa shape index (κ3) is 2.80. The van der Waals surface area contributed by atoms with Crippen LogP contribution in [0.2, 0.25) is 0 Å². The van der Waals surface area contributed by atoms with Gasteiger partial charge in [-0.15, -0.1) is 0 Å². The van der Waals surface area contributed by atoms with E-state index in [9.17, 15) is 9.90 Å². The number of benzene rings is 1. The second-order valence-corrected chi connectivity index (χ2v) is 7.49. The Bertz CT molecular complexity index is 520. The van der Waals surface area contributed by atoms with Crippen molar-refractivity contribution in [2.75, 3.05) is 0 Å². The first-order valence-corrected chi connectivity index (χ1v) is 8.96. The number of hydrogen-bond acceptors (Lipinski definition) is 1. The minimum atomic E-state index is -0.627. The van der Waals surface area contributed by atoms with Crippen molar-refractivity contribution in [2.45, 2.75) is 76.0 Å². The quantitative estimate of drug-likeness (QED) is 0.826. The Morgan fingerprint density at radius 2 is 1.68 bits per heavy atom. The predicted molar refractivity (Wildman–Crippen MR) is 89.2 cm³/mol. The summed E-state index contributed by atoms with van der Waals surface area (Å²) in [4.78, 5) is 12.2. The molecule has 0 aliphatic heterocycles. The molecule has 22 heavy (non-hydrogen) atoms. The lowest BCUT2D eigenvalue weighted by Gasteiger charge is -2.37. The maximum absolute atomic E-state index is 12.2. The molecule has 2 aliphatic carbocycles.